The Kier molecular flexibility index (Phi) is 14.6. The van der Waals surface area contributed by atoms with Gasteiger partial charge in [0.2, 0.25) is 0 Å². The molecule has 0 N–H and O–H groups in total. The van der Waals surface area contributed by atoms with Crippen LogP contribution in [-0.2, 0) is 14.3 Å². The van der Waals surface area contributed by atoms with E-state index in [1.54, 1.807) is 29.2 Å². The number of ether oxygens (including phenoxy) is 2. The lowest BCUT2D eigenvalue weighted by Gasteiger charge is -2.20. The van der Waals surface area contributed by atoms with Crippen LogP contribution in [0.15, 0.2) is 30.6 Å². The van der Waals surface area contributed by atoms with E-state index in [0.29, 0.717) is 19.2 Å². The first-order valence-electron chi connectivity index (χ1n) is 12.8. The van der Waals surface area contributed by atoms with Crippen LogP contribution in [0.2, 0.25) is 0 Å². The highest BCUT2D eigenvalue weighted by molar-refractivity contribution is 7.99. The van der Waals surface area contributed by atoms with E-state index in [9.17, 15) is 9.59 Å². The van der Waals surface area contributed by atoms with E-state index in [1.807, 2.05) is 52.0 Å². The molecule has 0 saturated carbocycles. The smallest absolute Gasteiger partial charge is 0.410 e. The van der Waals surface area contributed by atoms with E-state index in [2.05, 4.69) is 42.1 Å². The van der Waals surface area contributed by atoms with E-state index < -0.39 is 0 Å². The summed E-state index contributed by atoms with van der Waals surface area (Å²) in [5.41, 5.74) is 0. The summed E-state index contributed by atoms with van der Waals surface area (Å²) in [6, 6.07) is 1.83. The molecule has 0 aliphatic carbocycles. The summed E-state index contributed by atoms with van der Waals surface area (Å²) >= 11 is 2.04. The summed E-state index contributed by atoms with van der Waals surface area (Å²) in [6.07, 6.45) is 6.94. The molecule has 0 aromatic carbocycles. The number of aromatic nitrogens is 2. The Bertz CT molecular complexity index is 790. The third-order valence-corrected chi connectivity index (χ3v) is 6.81. The molecule has 0 unspecified atom stereocenters. The fourth-order valence-electron chi connectivity index (χ4n) is 3.36. The Morgan fingerprint density at radius 3 is 1.86 bits per heavy atom. The molecule has 3 aliphatic heterocycles. The van der Waals surface area contributed by atoms with Crippen molar-refractivity contribution in [2.24, 2.45) is 0 Å². The maximum atomic E-state index is 11.2. The van der Waals surface area contributed by atoms with Gasteiger partial charge in [0.15, 0.2) is 0 Å². The molecule has 206 valence electrons. The lowest BCUT2D eigenvalue weighted by Crippen LogP contribution is -2.32. The van der Waals surface area contributed by atoms with Crippen molar-refractivity contribution in [2.75, 3.05) is 45.0 Å². The van der Waals surface area contributed by atoms with Crippen LogP contribution >= 0.6 is 11.8 Å². The molecular weight excluding hydrogens is 478 g/mol. The van der Waals surface area contributed by atoms with Crippen molar-refractivity contribution >= 4 is 23.8 Å². The Balaban J connectivity index is 0.000000242. The first-order valence-corrected chi connectivity index (χ1v) is 13.9. The van der Waals surface area contributed by atoms with Crippen LogP contribution < -0.4 is 0 Å². The molecule has 2 amide bonds. The van der Waals surface area contributed by atoms with Gasteiger partial charge in [0.25, 0.3) is 5.91 Å². The van der Waals surface area contributed by atoms with Crippen LogP contribution in [0.25, 0.3) is 0 Å². The van der Waals surface area contributed by atoms with Gasteiger partial charge in [-0.05, 0) is 55.4 Å². The quantitative estimate of drug-likeness (QED) is 0.561. The molecule has 4 heterocycles. The second-order valence-electron chi connectivity index (χ2n) is 9.82. The second kappa shape index (κ2) is 16.5. The predicted molar refractivity (Wildman–Crippen MR) is 147 cm³/mol. The number of hydrogen-bond donors (Lipinski definition) is 0. The molecule has 36 heavy (non-hydrogen) atoms. The minimum absolute atomic E-state index is 0.0526. The highest BCUT2D eigenvalue weighted by Crippen LogP contribution is 2.15. The number of rotatable bonds is 5. The first-order chi connectivity index (χ1) is 17.0. The lowest BCUT2D eigenvalue weighted by molar-refractivity contribution is -0.126. The van der Waals surface area contributed by atoms with Crippen molar-refractivity contribution in [2.45, 2.75) is 79.6 Å². The highest BCUT2D eigenvalue weighted by Gasteiger charge is 2.24. The molecule has 3 aliphatic rings. The van der Waals surface area contributed by atoms with Crippen LogP contribution in [0.1, 0.15) is 61.4 Å². The molecule has 0 atom stereocenters. The third kappa shape index (κ3) is 11.2. The zero-order valence-electron chi connectivity index (χ0n) is 23.6. The zero-order chi connectivity index (χ0) is 27.3. The van der Waals surface area contributed by atoms with Crippen molar-refractivity contribution in [3.05, 3.63) is 30.6 Å². The second-order valence-corrected chi connectivity index (χ2v) is 10.9. The van der Waals surface area contributed by atoms with Crippen molar-refractivity contribution in [1.29, 1.82) is 0 Å². The molecule has 0 spiro atoms. The minimum atomic E-state index is -0.176. The van der Waals surface area contributed by atoms with E-state index in [1.165, 1.54) is 18.2 Å². The summed E-state index contributed by atoms with van der Waals surface area (Å²) < 4.78 is 11.7. The molecule has 10 heteroatoms. The number of carbonyl (C=O) groups is 2. The molecule has 2 saturated heterocycles. The molecule has 4 rings (SSSR count). The molecular formula is C26H47N5O4S. The van der Waals surface area contributed by atoms with Crippen molar-refractivity contribution in [3.63, 3.8) is 0 Å². The van der Waals surface area contributed by atoms with Crippen LogP contribution in [0, 0.1) is 0 Å². The molecule has 1 aromatic rings. The van der Waals surface area contributed by atoms with Crippen LogP contribution in [0.4, 0.5) is 4.79 Å². The van der Waals surface area contributed by atoms with Gasteiger partial charge >= 0.3 is 6.09 Å². The number of imidazole rings is 1. The van der Waals surface area contributed by atoms with Crippen molar-refractivity contribution < 1.29 is 19.1 Å². The summed E-state index contributed by atoms with van der Waals surface area (Å²) in [4.78, 5) is 31.7. The number of hydrogen-bond acceptors (Lipinski definition) is 7. The van der Waals surface area contributed by atoms with Gasteiger partial charge in [0, 0.05) is 60.8 Å². The van der Waals surface area contributed by atoms with Crippen LogP contribution in [0.3, 0.4) is 0 Å². The van der Waals surface area contributed by atoms with Gasteiger partial charge in [-0.15, -0.1) is 11.8 Å². The molecule has 1 aromatic heterocycles. The third-order valence-electron chi connectivity index (χ3n) is 5.83. The zero-order valence-corrected chi connectivity index (χ0v) is 24.5. The number of cyclic esters (lactones) is 1. The van der Waals surface area contributed by atoms with Gasteiger partial charge < -0.3 is 23.8 Å². The monoisotopic (exact) mass is 525 g/mol. The fourth-order valence-corrected chi connectivity index (χ4v) is 4.51. The fraction of sp³-hybridized carbons (Fsp3) is 0.731. The average molecular weight is 526 g/mol. The van der Waals surface area contributed by atoms with Gasteiger partial charge in [0.05, 0.1) is 26.5 Å². The average Bonchev–Trinajstić information content (AvgIpc) is 3.61. The first kappa shape index (κ1) is 31.8. The number of methoxy groups -OCH3 is 1. The molecule has 9 nitrogen and oxygen atoms in total. The number of nitrogens with zero attached hydrogens (tertiary/aromatic N) is 5. The van der Waals surface area contributed by atoms with Gasteiger partial charge in [-0.3, -0.25) is 9.69 Å². The normalized spacial score (nSPS) is 17.5. The molecule has 0 bridgehead atoms. The van der Waals surface area contributed by atoms with Gasteiger partial charge in [-0.1, -0.05) is 0 Å². The number of thioether (sulfide) groups is 1. The van der Waals surface area contributed by atoms with Gasteiger partial charge in [-0.25, -0.2) is 9.78 Å². The standard InChI is InChI=1S/C8H13NO2.C6H10N2.C6H11NO2.C6H13NS/c1-6(2)9-5-7(11-3)4-8(9)10;1-6(2)8-4-3-7-5-8;1-5(2)7-3-4-9-6(7)8;1-6(2)7-3-4-8-5-7/h4,6H,5H2,1-3H3;3-6H,1-2H3;5H,3-4H2,1-2H3;6H,3-5H2,1-2H3. The number of amides is 2. The van der Waals surface area contributed by atoms with Gasteiger partial charge in [-0.2, -0.15) is 0 Å². The Morgan fingerprint density at radius 1 is 0.944 bits per heavy atom. The SMILES string of the molecule is CC(C)N1CCOC1=O.CC(C)N1CCSC1.CC(C)n1ccnc1.COC1=CC(=O)N(C(C)C)C1. The van der Waals surface area contributed by atoms with E-state index in [0.717, 1.165) is 18.3 Å². The van der Waals surface area contributed by atoms with E-state index in [4.69, 9.17) is 9.47 Å². The van der Waals surface area contributed by atoms with E-state index in [-0.39, 0.29) is 24.1 Å². The highest BCUT2D eigenvalue weighted by atomic mass is 32.2. The lowest BCUT2D eigenvalue weighted by atomic mass is 10.3. The van der Waals surface area contributed by atoms with Gasteiger partial charge in [0.1, 0.15) is 12.4 Å². The number of carbonyl (C=O) groups excluding carboxylic acids is 2. The Hall–Kier alpha value is -2.20. The topological polar surface area (TPSA) is 80.1 Å². The maximum absolute atomic E-state index is 11.2. The summed E-state index contributed by atoms with van der Waals surface area (Å²) in [5, 5.41) is 0. The van der Waals surface area contributed by atoms with E-state index >= 15 is 0 Å². The summed E-state index contributed by atoms with van der Waals surface area (Å²) in [5.74, 6) is 3.39. The summed E-state index contributed by atoms with van der Waals surface area (Å²) in [6.45, 7) is 19.9. The van der Waals surface area contributed by atoms with Crippen molar-refractivity contribution in [1.82, 2.24) is 24.3 Å². The maximum Gasteiger partial charge on any atom is 0.410 e. The predicted octanol–water partition coefficient (Wildman–Crippen LogP) is 4.48. The van der Waals surface area contributed by atoms with Crippen molar-refractivity contribution in [3.8, 4) is 0 Å². The van der Waals surface area contributed by atoms with Crippen LogP contribution in [-0.4, -0.2) is 99.4 Å². The van der Waals surface area contributed by atoms with Crippen LogP contribution in [0.5, 0.6) is 0 Å². The Labute approximate surface area is 222 Å². The molecule has 2 fully saturated rings. The largest absolute Gasteiger partial charge is 0.499 e. The minimum Gasteiger partial charge on any atom is -0.499 e. The summed E-state index contributed by atoms with van der Waals surface area (Å²) in [7, 11) is 1.59. The Morgan fingerprint density at radius 2 is 1.61 bits per heavy atom. The molecule has 0 radical (unpaired) electrons.